The molecule has 2 aliphatic heterocycles. The van der Waals surface area contributed by atoms with Crippen LogP contribution in [0.4, 0.5) is 0 Å². The number of Topliss-reactive ketones (excluding diaryl/α,β-unsaturated/α-hetero) is 1. The van der Waals surface area contributed by atoms with Gasteiger partial charge in [-0.15, -0.1) is 23.2 Å². The molecule has 0 amide bonds. The molecule has 0 aromatic rings. The molecule has 0 radical (unpaired) electrons. The van der Waals surface area contributed by atoms with Crippen LogP contribution in [0.15, 0.2) is 16.6 Å². The summed E-state index contributed by atoms with van der Waals surface area (Å²) in [6.07, 6.45) is 4.07. The molecule has 1 fully saturated rings. The summed E-state index contributed by atoms with van der Waals surface area (Å²) in [5.41, 5.74) is 0.320. The third-order valence-corrected chi connectivity index (χ3v) is 6.40. The first kappa shape index (κ1) is 15.2. The Balaban J connectivity index is 2.43. The summed E-state index contributed by atoms with van der Waals surface area (Å²) in [5.74, 6) is -0.256. The van der Waals surface area contributed by atoms with Crippen molar-refractivity contribution >= 4 is 42.7 Å². The van der Waals surface area contributed by atoms with Gasteiger partial charge < -0.3 is 4.52 Å². The maximum absolute atomic E-state index is 13.0. The standard InChI is InChI=1S/C11H15Cl2N2O3P/c12-4-3-11(19(17)15-5-1-7-18-19)9(2-6-14-11)10(16)8-13/h2,6H,1,3-5,7-8H2,(H,15,17). The van der Waals surface area contributed by atoms with Crippen LogP contribution in [0.2, 0.25) is 0 Å². The van der Waals surface area contributed by atoms with Crippen molar-refractivity contribution in [1.82, 2.24) is 5.09 Å². The molecule has 2 aliphatic rings. The Morgan fingerprint density at radius 1 is 1.58 bits per heavy atom. The SMILES string of the molecule is O=C(CCl)C1=CC=NC1(CCCl)P1(=O)NCCCO1. The number of alkyl halides is 2. The Bertz CT molecular complexity index is 471. The fourth-order valence-electron chi connectivity index (χ4n) is 2.31. The van der Waals surface area contributed by atoms with Crippen molar-refractivity contribution in [3.05, 3.63) is 11.6 Å². The average molecular weight is 325 g/mol. The van der Waals surface area contributed by atoms with Crippen molar-refractivity contribution in [2.24, 2.45) is 4.99 Å². The van der Waals surface area contributed by atoms with Crippen molar-refractivity contribution in [2.75, 3.05) is 24.9 Å². The molecule has 2 atom stereocenters. The Labute approximate surface area is 121 Å². The quantitative estimate of drug-likeness (QED) is 0.622. The fraction of sp³-hybridized carbons (Fsp3) is 0.636. The topological polar surface area (TPSA) is 67.8 Å². The van der Waals surface area contributed by atoms with Crippen LogP contribution in [0.3, 0.4) is 0 Å². The van der Waals surface area contributed by atoms with E-state index >= 15 is 0 Å². The summed E-state index contributed by atoms with van der Waals surface area (Å²) in [7, 11) is -3.31. The summed E-state index contributed by atoms with van der Waals surface area (Å²) in [6, 6.07) is 0. The molecule has 0 aromatic heterocycles. The summed E-state index contributed by atoms with van der Waals surface area (Å²) in [4.78, 5) is 16.2. The molecule has 0 bridgehead atoms. The Kier molecular flexibility index (Phi) is 4.85. The van der Waals surface area contributed by atoms with Crippen LogP contribution in [0, 0.1) is 0 Å². The lowest BCUT2D eigenvalue weighted by atomic mass is 10.0. The molecule has 0 aromatic carbocycles. The predicted octanol–water partition coefficient (Wildman–Crippen LogP) is 2.33. The smallest absolute Gasteiger partial charge is 0.301 e. The second-order valence-corrected chi connectivity index (χ2v) is 7.38. The van der Waals surface area contributed by atoms with Gasteiger partial charge in [0.05, 0.1) is 12.5 Å². The van der Waals surface area contributed by atoms with Gasteiger partial charge in [0, 0.05) is 30.6 Å². The molecule has 2 heterocycles. The van der Waals surface area contributed by atoms with E-state index in [4.69, 9.17) is 27.7 Å². The highest BCUT2D eigenvalue weighted by atomic mass is 35.5. The zero-order valence-corrected chi connectivity index (χ0v) is 12.7. The van der Waals surface area contributed by atoms with E-state index in [1.165, 1.54) is 6.21 Å². The molecule has 106 valence electrons. The van der Waals surface area contributed by atoms with Crippen molar-refractivity contribution in [2.45, 2.75) is 18.1 Å². The number of allylic oxidation sites excluding steroid dienone is 1. The van der Waals surface area contributed by atoms with E-state index in [0.717, 1.165) is 6.42 Å². The maximum Gasteiger partial charge on any atom is 0.301 e. The van der Waals surface area contributed by atoms with E-state index < -0.39 is 12.8 Å². The highest BCUT2D eigenvalue weighted by Crippen LogP contribution is 2.63. The first-order valence-electron chi connectivity index (χ1n) is 6.00. The van der Waals surface area contributed by atoms with Gasteiger partial charge in [-0.25, -0.2) is 5.09 Å². The summed E-state index contributed by atoms with van der Waals surface area (Å²) >= 11 is 11.4. The number of hydrogen-bond donors (Lipinski definition) is 1. The van der Waals surface area contributed by atoms with Gasteiger partial charge in [0.15, 0.2) is 11.1 Å². The minimum absolute atomic E-state index is 0.181. The number of carbonyl (C=O) groups excluding carboxylic acids is 1. The highest BCUT2D eigenvalue weighted by molar-refractivity contribution is 7.59. The molecule has 8 heteroatoms. The molecule has 2 unspecified atom stereocenters. The fourth-order valence-corrected chi connectivity index (χ4v) is 5.41. The third kappa shape index (κ3) is 2.55. The predicted molar refractivity (Wildman–Crippen MR) is 76.5 cm³/mol. The molecule has 0 saturated carbocycles. The van der Waals surface area contributed by atoms with E-state index in [-0.39, 0.29) is 24.0 Å². The normalized spacial score (nSPS) is 34.3. The molecular weight excluding hydrogens is 310 g/mol. The van der Waals surface area contributed by atoms with Crippen LogP contribution in [0.25, 0.3) is 0 Å². The molecule has 19 heavy (non-hydrogen) atoms. The number of ketones is 1. The Morgan fingerprint density at radius 2 is 2.37 bits per heavy atom. The molecule has 2 rings (SSSR count). The number of carbonyl (C=O) groups is 1. The van der Waals surface area contributed by atoms with E-state index in [0.29, 0.717) is 18.7 Å². The molecule has 5 nitrogen and oxygen atoms in total. The molecular formula is C11H15Cl2N2O3P. The zero-order chi connectivity index (χ0) is 13.9. The average Bonchev–Trinajstić information content (AvgIpc) is 2.85. The largest absolute Gasteiger partial charge is 0.316 e. The number of nitrogens with one attached hydrogen (secondary N) is 1. The third-order valence-electron chi connectivity index (χ3n) is 3.23. The number of rotatable bonds is 5. The van der Waals surface area contributed by atoms with Crippen LogP contribution in [0.5, 0.6) is 0 Å². The minimum atomic E-state index is -3.31. The van der Waals surface area contributed by atoms with Crippen molar-refractivity contribution in [3.63, 3.8) is 0 Å². The van der Waals surface area contributed by atoms with Gasteiger partial charge in [-0.3, -0.25) is 14.4 Å². The number of nitrogens with zero attached hydrogens (tertiary/aromatic N) is 1. The zero-order valence-electron chi connectivity index (χ0n) is 10.3. The second kappa shape index (κ2) is 6.06. The Morgan fingerprint density at radius 3 is 2.95 bits per heavy atom. The lowest BCUT2D eigenvalue weighted by molar-refractivity contribution is -0.113. The van der Waals surface area contributed by atoms with Gasteiger partial charge in [-0.05, 0) is 12.5 Å². The summed E-state index contributed by atoms with van der Waals surface area (Å²) in [6.45, 7) is 0.950. The summed E-state index contributed by atoms with van der Waals surface area (Å²) in [5, 5.41) is 1.68. The summed E-state index contributed by atoms with van der Waals surface area (Å²) < 4.78 is 18.5. The number of hydrogen-bond acceptors (Lipinski definition) is 4. The van der Waals surface area contributed by atoms with Gasteiger partial charge in [0.25, 0.3) is 0 Å². The van der Waals surface area contributed by atoms with E-state index in [1.54, 1.807) is 6.08 Å². The molecule has 1 N–H and O–H groups in total. The van der Waals surface area contributed by atoms with Gasteiger partial charge in [-0.2, -0.15) is 0 Å². The van der Waals surface area contributed by atoms with Crippen LogP contribution >= 0.6 is 30.7 Å². The first-order chi connectivity index (χ1) is 9.09. The Hall–Kier alpha value is -0.190. The van der Waals surface area contributed by atoms with Gasteiger partial charge in [0.1, 0.15) is 0 Å². The van der Waals surface area contributed by atoms with Crippen molar-refractivity contribution < 1.29 is 13.9 Å². The van der Waals surface area contributed by atoms with E-state index in [9.17, 15) is 9.36 Å². The maximum atomic E-state index is 13.0. The van der Waals surface area contributed by atoms with Crippen LogP contribution < -0.4 is 5.09 Å². The minimum Gasteiger partial charge on any atom is -0.316 e. The molecule has 0 aliphatic carbocycles. The molecule has 1 saturated heterocycles. The van der Waals surface area contributed by atoms with Crippen LogP contribution in [-0.2, 0) is 13.9 Å². The molecule has 0 spiro atoms. The second-order valence-electron chi connectivity index (χ2n) is 4.32. The van der Waals surface area contributed by atoms with E-state index in [1.807, 2.05) is 0 Å². The van der Waals surface area contributed by atoms with Crippen molar-refractivity contribution in [1.29, 1.82) is 0 Å². The van der Waals surface area contributed by atoms with Crippen molar-refractivity contribution in [3.8, 4) is 0 Å². The van der Waals surface area contributed by atoms with Gasteiger partial charge in [-0.1, -0.05) is 0 Å². The van der Waals surface area contributed by atoms with E-state index in [2.05, 4.69) is 10.1 Å². The monoisotopic (exact) mass is 324 g/mol. The van der Waals surface area contributed by atoms with Crippen LogP contribution in [0.1, 0.15) is 12.8 Å². The van der Waals surface area contributed by atoms with Gasteiger partial charge >= 0.3 is 7.52 Å². The highest BCUT2D eigenvalue weighted by Gasteiger charge is 2.55. The first-order valence-corrected chi connectivity index (χ1v) is 8.70. The lowest BCUT2D eigenvalue weighted by Crippen LogP contribution is -2.40. The number of halogens is 2. The van der Waals surface area contributed by atoms with Gasteiger partial charge in [0.2, 0.25) is 0 Å². The lowest BCUT2D eigenvalue weighted by Gasteiger charge is -2.38. The van der Waals surface area contributed by atoms with Crippen LogP contribution in [-0.4, -0.2) is 42.2 Å². The number of aliphatic imine (C=N–C) groups is 1.